The summed E-state index contributed by atoms with van der Waals surface area (Å²) in [6.45, 7) is 3.76. The fraction of sp³-hybridized carbons (Fsp3) is 0.174. The van der Waals surface area contributed by atoms with Crippen molar-refractivity contribution in [3.05, 3.63) is 96.1 Å². The first-order valence-electron chi connectivity index (χ1n) is 9.74. The van der Waals surface area contributed by atoms with Gasteiger partial charge in [-0.2, -0.15) is 0 Å². The second-order valence-electron chi connectivity index (χ2n) is 6.86. The van der Waals surface area contributed by atoms with Crippen LogP contribution in [0.1, 0.15) is 25.5 Å². The van der Waals surface area contributed by atoms with Gasteiger partial charge in [-0.05, 0) is 43.7 Å². The lowest BCUT2D eigenvalue weighted by Crippen LogP contribution is -2.40. The van der Waals surface area contributed by atoms with Gasteiger partial charge in [0, 0.05) is 16.9 Å². The molecule has 0 radical (unpaired) electrons. The van der Waals surface area contributed by atoms with E-state index in [2.05, 4.69) is 10.3 Å². The van der Waals surface area contributed by atoms with Crippen LogP contribution in [-0.2, 0) is 9.53 Å². The van der Waals surface area contributed by atoms with Gasteiger partial charge in [-0.3, -0.25) is 9.36 Å². The van der Waals surface area contributed by atoms with Crippen molar-refractivity contribution in [2.45, 2.75) is 19.9 Å². The number of hydrogen-bond donors (Lipinski definition) is 1. The number of thiazole rings is 1. The molecule has 31 heavy (non-hydrogen) atoms. The SMILES string of the molecule is CCOC(=O)C1=C(C)N=c2s/c(=C\Nc3ccc(Cl)cc3)c(=O)n2[C@H]1c1ccccc1. The summed E-state index contributed by atoms with van der Waals surface area (Å²) in [6.07, 6.45) is 1.65. The largest absolute Gasteiger partial charge is 0.463 e. The van der Waals surface area contributed by atoms with E-state index in [0.29, 0.717) is 25.6 Å². The molecule has 0 saturated carbocycles. The molecular formula is C23H20ClN3O3S. The molecule has 0 spiro atoms. The molecule has 0 fully saturated rings. The number of benzene rings is 2. The van der Waals surface area contributed by atoms with E-state index in [0.717, 1.165) is 11.3 Å². The fourth-order valence-electron chi connectivity index (χ4n) is 3.44. The van der Waals surface area contributed by atoms with Gasteiger partial charge in [-0.1, -0.05) is 53.3 Å². The summed E-state index contributed by atoms with van der Waals surface area (Å²) in [4.78, 5) is 31.2. The molecule has 2 aromatic carbocycles. The van der Waals surface area contributed by atoms with Crippen molar-refractivity contribution < 1.29 is 9.53 Å². The molecule has 1 aromatic heterocycles. The Morgan fingerprint density at radius 2 is 1.94 bits per heavy atom. The van der Waals surface area contributed by atoms with E-state index in [4.69, 9.17) is 16.3 Å². The number of rotatable bonds is 5. The third-order valence-corrected chi connectivity index (χ3v) is 6.08. The Hall–Kier alpha value is -3.16. The minimum absolute atomic E-state index is 0.228. The second-order valence-corrected chi connectivity index (χ2v) is 8.31. The van der Waals surface area contributed by atoms with Crippen molar-refractivity contribution in [2.24, 2.45) is 4.99 Å². The van der Waals surface area contributed by atoms with E-state index in [9.17, 15) is 9.59 Å². The maximum atomic E-state index is 13.4. The smallest absolute Gasteiger partial charge is 0.338 e. The standard InChI is InChI=1S/C23H20ClN3O3S/c1-3-30-22(29)19-14(2)26-23-27(20(19)15-7-5-4-6-8-15)21(28)18(31-23)13-25-17-11-9-16(24)10-12-17/h4-13,20,25H,3H2,1-2H3/b18-13-/t20-/m0/s1. The zero-order valence-corrected chi connectivity index (χ0v) is 18.5. The minimum Gasteiger partial charge on any atom is -0.463 e. The molecule has 0 bridgehead atoms. The number of carbonyl (C=O) groups excluding carboxylic acids is 1. The van der Waals surface area contributed by atoms with Crippen molar-refractivity contribution in [1.29, 1.82) is 0 Å². The van der Waals surface area contributed by atoms with Gasteiger partial charge in [0.2, 0.25) is 0 Å². The van der Waals surface area contributed by atoms with Crippen LogP contribution < -0.4 is 20.2 Å². The number of nitrogens with zero attached hydrogens (tertiary/aromatic N) is 2. The van der Waals surface area contributed by atoms with Crippen LogP contribution in [0.4, 0.5) is 5.69 Å². The summed E-state index contributed by atoms with van der Waals surface area (Å²) >= 11 is 7.20. The second kappa shape index (κ2) is 8.91. The van der Waals surface area contributed by atoms with Gasteiger partial charge in [0.25, 0.3) is 5.56 Å². The summed E-state index contributed by atoms with van der Waals surface area (Å²) in [5.41, 5.74) is 2.31. The highest BCUT2D eigenvalue weighted by Crippen LogP contribution is 2.30. The lowest BCUT2D eigenvalue weighted by molar-refractivity contribution is -0.139. The molecule has 3 aromatic rings. The van der Waals surface area contributed by atoms with E-state index >= 15 is 0 Å². The quantitative estimate of drug-likeness (QED) is 0.600. The lowest BCUT2D eigenvalue weighted by Gasteiger charge is -2.24. The Kier molecular flexibility index (Phi) is 6.06. The van der Waals surface area contributed by atoms with Crippen LogP contribution in [0, 0.1) is 0 Å². The Morgan fingerprint density at radius 1 is 1.23 bits per heavy atom. The highest BCUT2D eigenvalue weighted by molar-refractivity contribution is 7.07. The number of nitrogens with one attached hydrogen (secondary N) is 1. The topological polar surface area (TPSA) is 72.7 Å². The van der Waals surface area contributed by atoms with Crippen LogP contribution in [0.5, 0.6) is 0 Å². The molecule has 1 N–H and O–H groups in total. The van der Waals surface area contributed by atoms with E-state index < -0.39 is 12.0 Å². The molecule has 0 unspecified atom stereocenters. The minimum atomic E-state index is -0.603. The normalized spacial score (nSPS) is 16.0. The zero-order chi connectivity index (χ0) is 22.0. The molecule has 4 rings (SSSR count). The maximum Gasteiger partial charge on any atom is 0.338 e. The van der Waals surface area contributed by atoms with E-state index in [1.165, 1.54) is 11.3 Å². The molecule has 0 aliphatic carbocycles. The number of fused-ring (bicyclic) bond motifs is 1. The van der Waals surface area contributed by atoms with Crippen molar-refractivity contribution in [3.63, 3.8) is 0 Å². The van der Waals surface area contributed by atoms with E-state index in [-0.39, 0.29) is 12.2 Å². The third kappa shape index (κ3) is 4.19. The first-order chi connectivity index (χ1) is 15.0. The maximum absolute atomic E-state index is 13.4. The Balaban J connectivity index is 1.84. The molecule has 6 nitrogen and oxygen atoms in total. The summed E-state index contributed by atoms with van der Waals surface area (Å²) < 4.78 is 7.32. The van der Waals surface area contributed by atoms with Gasteiger partial charge in [0.1, 0.15) is 4.53 Å². The van der Waals surface area contributed by atoms with Crippen LogP contribution >= 0.6 is 22.9 Å². The molecule has 1 aliphatic heterocycles. The van der Waals surface area contributed by atoms with Crippen LogP contribution in [0.2, 0.25) is 5.02 Å². The number of hydrogen-bond acceptors (Lipinski definition) is 6. The van der Waals surface area contributed by atoms with E-state index in [1.54, 1.807) is 36.7 Å². The third-order valence-electron chi connectivity index (χ3n) is 4.85. The zero-order valence-electron chi connectivity index (χ0n) is 17.0. The van der Waals surface area contributed by atoms with Crippen molar-refractivity contribution in [2.75, 3.05) is 11.9 Å². The van der Waals surface area contributed by atoms with Gasteiger partial charge in [-0.25, -0.2) is 9.79 Å². The first-order valence-corrected chi connectivity index (χ1v) is 10.9. The van der Waals surface area contributed by atoms with Crippen LogP contribution in [0.25, 0.3) is 6.20 Å². The number of aromatic nitrogens is 1. The molecule has 2 heterocycles. The first kappa shape index (κ1) is 21.1. The van der Waals surface area contributed by atoms with Gasteiger partial charge in [0.05, 0.1) is 23.9 Å². The number of allylic oxidation sites excluding steroid dienone is 1. The Bertz CT molecular complexity index is 1330. The fourth-order valence-corrected chi connectivity index (χ4v) is 4.53. The van der Waals surface area contributed by atoms with Gasteiger partial charge in [-0.15, -0.1) is 0 Å². The highest BCUT2D eigenvalue weighted by atomic mass is 35.5. The number of halogens is 1. The Labute approximate surface area is 187 Å². The van der Waals surface area contributed by atoms with E-state index in [1.807, 2.05) is 42.5 Å². The molecular weight excluding hydrogens is 434 g/mol. The van der Waals surface area contributed by atoms with Crippen molar-refractivity contribution >= 4 is 40.8 Å². The number of anilines is 1. The summed E-state index contributed by atoms with van der Waals surface area (Å²) in [7, 11) is 0. The monoisotopic (exact) mass is 453 g/mol. The molecule has 0 saturated heterocycles. The Morgan fingerprint density at radius 3 is 2.61 bits per heavy atom. The lowest BCUT2D eigenvalue weighted by atomic mass is 9.96. The molecule has 1 aliphatic rings. The van der Waals surface area contributed by atoms with Gasteiger partial charge >= 0.3 is 5.97 Å². The van der Waals surface area contributed by atoms with Crippen LogP contribution in [0.3, 0.4) is 0 Å². The summed E-state index contributed by atoms with van der Waals surface area (Å²) in [5.74, 6) is -0.467. The van der Waals surface area contributed by atoms with Gasteiger partial charge in [0.15, 0.2) is 4.80 Å². The average molecular weight is 454 g/mol. The molecule has 1 atom stereocenters. The number of esters is 1. The summed E-state index contributed by atoms with van der Waals surface area (Å²) in [6, 6.07) is 16.0. The molecule has 0 amide bonds. The summed E-state index contributed by atoms with van der Waals surface area (Å²) in [5, 5.41) is 3.76. The van der Waals surface area contributed by atoms with Crippen molar-refractivity contribution in [1.82, 2.24) is 4.57 Å². The van der Waals surface area contributed by atoms with Gasteiger partial charge < -0.3 is 10.1 Å². The number of carbonyl (C=O) groups is 1. The predicted octanol–water partition coefficient (Wildman–Crippen LogP) is 3.47. The van der Waals surface area contributed by atoms with Crippen LogP contribution in [-0.4, -0.2) is 17.1 Å². The predicted molar refractivity (Wildman–Crippen MR) is 123 cm³/mol. The average Bonchev–Trinajstić information content (AvgIpc) is 3.08. The highest BCUT2D eigenvalue weighted by Gasteiger charge is 2.33. The number of ether oxygens (including phenoxy) is 1. The molecule has 8 heteroatoms. The van der Waals surface area contributed by atoms with Crippen LogP contribution in [0.15, 0.2) is 75.7 Å². The molecule has 158 valence electrons. The van der Waals surface area contributed by atoms with Crippen molar-refractivity contribution in [3.8, 4) is 0 Å².